The monoisotopic (exact) mass is 308 g/mol. The third-order valence-electron chi connectivity index (χ3n) is 3.96. The maximum atomic E-state index is 12.1. The molecule has 2 aromatic rings. The van der Waals surface area contributed by atoms with Crippen LogP contribution in [0.25, 0.3) is 4.96 Å². The average molecular weight is 308 g/mol. The summed E-state index contributed by atoms with van der Waals surface area (Å²) in [5.74, 6) is 0. The summed E-state index contributed by atoms with van der Waals surface area (Å²) < 4.78 is 1.38. The summed E-state index contributed by atoms with van der Waals surface area (Å²) in [6.45, 7) is 6.21. The molecule has 0 atom stereocenters. The lowest BCUT2D eigenvalue weighted by molar-refractivity contribution is -0.00757. The van der Waals surface area contributed by atoms with Gasteiger partial charge in [0.15, 0.2) is 0 Å². The van der Waals surface area contributed by atoms with Crippen LogP contribution in [-0.4, -0.2) is 43.3 Å². The zero-order valence-electron chi connectivity index (χ0n) is 12.4. The van der Waals surface area contributed by atoms with E-state index < -0.39 is 5.60 Å². The van der Waals surface area contributed by atoms with Gasteiger partial charge >= 0.3 is 0 Å². The van der Waals surface area contributed by atoms with E-state index in [1.54, 1.807) is 6.07 Å². The fourth-order valence-corrected chi connectivity index (χ4v) is 3.40. The fraction of sp³-hybridized carbons (Fsp3) is 0.643. The minimum Gasteiger partial charge on any atom is -0.390 e. The van der Waals surface area contributed by atoms with Crippen LogP contribution in [0.1, 0.15) is 37.4 Å². The highest BCUT2D eigenvalue weighted by Gasteiger charge is 2.27. The molecular formula is C14H20N4O2S. The highest BCUT2D eigenvalue weighted by Crippen LogP contribution is 2.22. The second-order valence-electron chi connectivity index (χ2n) is 5.90. The van der Waals surface area contributed by atoms with Crippen LogP contribution in [0.3, 0.4) is 0 Å². The third-order valence-corrected chi connectivity index (χ3v) is 5.01. The van der Waals surface area contributed by atoms with Crippen LogP contribution < -0.4 is 5.56 Å². The van der Waals surface area contributed by atoms with E-state index in [0.29, 0.717) is 11.5 Å². The number of hydrogen-bond donors (Lipinski definition) is 1. The summed E-state index contributed by atoms with van der Waals surface area (Å²) in [5, 5.41) is 15.1. The van der Waals surface area contributed by atoms with E-state index in [4.69, 9.17) is 0 Å². The van der Waals surface area contributed by atoms with Crippen LogP contribution in [0.2, 0.25) is 0 Å². The lowest BCUT2D eigenvalue weighted by Crippen LogP contribution is -2.42. The van der Waals surface area contributed by atoms with E-state index in [1.165, 1.54) is 15.9 Å². The molecule has 7 heteroatoms. The van der Waals surface area contributed by atoms with Gasteiger partial charge in [-0.25, -0.2) is 4.98 Å². The zero-order valence-corrected chi connectivity index (χ0v) is 13.2. The average Bonchev–Trinajstić information content (AvgIpc) is 2.85. The number of piperidine rings is 1. The normalized spacial score (nSPS) is 19.2. The van der Waals surface area contributed by atoms with Gasteiger partial charge in [0.05, 0.1) is 11.3 Å². The van der Waals surface area contributed by atoms with Crippen molar-refractivity contribution in [1.82, 2.24) is 19.5 Å². The molecule has 21 heavy (non-hydrogen) atoms. The van der Waals surface area contributed by atoms with Gasteiger partial charge < -0.3 is 5.11 Å². The third kappa shape index (κ3) is 3.14. The fourth-order valence-electron chi connectivity index (χ4n) is 2.54. The molecule has 1 N–H and O–H groups in total. The summed E-state index contributed by atoms with van der Waals surface area (Å²) in [6, 6.07) is 1.57. The Kier molecular flexibility index (Phi) is 3.81. The van der Waals surface area contributed by atoms with Crippen LogP contribution in [0.5, 0.6) is 0 Å². The highest BCUT2D eigenvalue weighted by molar-refractivity contribution is 7.16. The highest BCUT2D eigenvalue weighted by atomic mass is 32.1. The molecule has 1 saturated heterocycles. The van der Waals surface area contributed by atoms with Crippen molar-refractivity contribution in [1.29, 1.82) is 0 Å². The molecule has 2 aromatic heterocycles. The smallest absolute Gasteiger partial charge is 0.275 e. The summed E-state index contributed by atoms with van der Waals surface area (Å²) in [5.41, 5.74) is 0.115. The first kappa shape index (κ1) is 14.6. The minimum absolute atomic E-state index is 0.116. The SMILES string of the molecule is CCc1nn2c(=O)cc(CN3CCC(C)(O)CC3)nc2s1. The number of fused-ring (bicyclic) bond motifs is 1. The van der Waals surface area contributed by atoms with E-state index in [0.717, 1.165) is 43.1 Å². The lowest BCUT2D eigenvalue weighted by Gasteiger charge is -2.35. The van der Waals surface area contributed by atoms with Crippen molar-refractivity contribution < 1.29 is 5.11 Å². The first-order valence-electron chi connectivity index (χ1n) is 7.30. The number of aliphatic hydroxyl groups is 1. The number of nitrogens with zero attached hydrogens (tertiary/aromatic N) is 4. The van der Waals surface area contributed by atoms with Crippen LogP contribution >= 0.6 is 11.3 Å². The summed E-state index contributed by atoms with van der Waals surface area (Å²) in [6.07, 6.45) is 2.33. The van der Waals surface area contributed by atoms with Gasteiger partial charge in [0, 0.05) is 25.7 Å². The number of hydrogen-bond acceptors (Lipinski definition) is 6. The Bertz CT molecular complexity index is 697. The van der Waals surface area contributed by atoms with E-state index in [9.17, 15) is 9.90 Å². The number of aryl methyl sites for hydroxylation is 1. The Morgan fingerprint density at radius 2 is 2.14 bits per heavy atom. The molecule has 0 spiro atoms. The zero-order chi connectivity index (χ0) is 15.0. The van der Waals surface area contributed by atoms with Crippen molar-refractivity contribution in [2.45, 2.75) is 45.3 Å². The van der Waals surface area contributed by atoms with Gasteiger partial charge in [-0.2, -0.15) is 9.61 Å². The first-order valence-corrected chi connectivity index (χ1v) is 8.12. The molecule has 0 aromatic carbocycles. The summed E-state index contributed by atoms with van der Waals surface area (Å²) >= 11 is 1.47. The van der Waals surface area contributed by atoms with Gasteiger partial charge in [0.1, 0.15) is 5.01 Å². The number of rotatable bonds is 3. The van der Waals surface area contributed by atoms with E-state index in [-0.39, 0.29) is 5.56 Å². The van der Waals surface area contributed by atoms with Gasteiger partial charge in [-0.1, -0.05) is 18.3 Å². The van der Waals surface area contributed by atoms with Crippen LogP contribution in [0, 0.1) is 0 Å². The van der Waals surface area contributed by atoms with Crippen molar-refractivity contribution in [3.63, 3.8) is 0 Å². The number of likely N-dealkylation sites (tertiary alicyclic amines) is 1. The molecule has 3 heterocycles. The molecule has 0 bridgehead atoms. The largest absolute Gasteiger partial charge is 0.390 e. The summed E-state index contributed by atoms with van der Waals surface area (Å²) in [7, 11) is 0. The van der Waals surface area contributed by atoms with Crippen LogP contribution in [-0.2, 0) is 13.0 Å². The van der Waals surface area contributed by atoms with Crippen molar-refractivity contribution >= 4 is 16.3 Å². The van der Waals surface area contributed by atoms with Crippen molar-refractivity contribution in [2.24, 2.45) is 0 Å². The predicted octanol–water partition coefficient (Wildman–Crippen LogP) is 1.06. The van der Waals surface area contributed by atoms with E-state index >= 15 is 0 Å². The second-order valence-corrected chi connectivity index (χ2v) is 6.94. The molecule has 0 radical (unpaired) electrons. The maximum absolute atomic E-state index is 12.1. The van der Waals surface area contributed by atoms with Gasteiger partial charge in [-0.15, -0.1) is 0 Å². The molecule has 0 saturated carbocycles. The molecule has 1 fully saturated rings. The molecule has 1 aliphatic rings. The number of aromatic nitrogens is 3. The molecule has 3 rings (SSSR count). The molecule has 0 unspecified atom stereocenters. The first-order chi connectivity index (χ1) is 9.97. The standard InChI is InChI=1S/C14H20N4O2S/c1-3-11-16-18-12(19)8-10(15-13(18)21-11)9-17-6-4-14(2,20)5-7-17/h8,20H,3-7,9H2,1-2H3. The Hall–Kier alpha value is -1.31. The van der Waals surface area contributed by atoms with Gasteiger partial charge in [-0.05, 0) is 26.2 Å². The minimum atomic E-state index is -0.554. The Labute approximate surface area is 127 Å². The van der Waals surface area contributed by atoms with Crippen LogP contribution in [0.4, 0.5) is 0 Å². The van der Waals surface area contributed by atoms with E-state index in [1.807, 2.05) is 13.8 Å². The van der Waals surface area contributed by atoms with Crippen molar-refractivity contribution in [3.05, 3.63) is 27.1 Å². The van der Waals surface area contributed by atoms with Crippen molar-refractivity contribution in [2.75, 3.05) is 13.1 Å². The van der Waals surface area contributed by atoms with Crippen LogP contribution in [0.15, 0.2) is 10.9 Å². The molecule has 6 nitrogen and oxygen atoms in total. The van der Waals surface area contributed by atoms with Gasteiger partial charge in [0.2, 0.25) is 4.96 Å². The Morgan fingerprint density at radius 1 is 1.43 bits per heavy atom. The topological polar surface area (TPSA) is 70.7 Å². The molecular weight excluding hydrogens is 288 g/mol. The van der Waals surface area contributed by atoms with Gasteiger partial charge in [0.25, 0.3) is 5.56 Å². The second kappa shape index (κ2) is 5.47. The molecule has 1 aliphatic heterocycles. The maximum Gasteiger partial charge on any atom is 0.275 e. The molecule has 0 amide bonds. The van der Waals surface area contributed by atoms with E-state index in [2.05, 4.69) is 15.0 Å². The Morgan fingerprint density at radius 3 is 2.81 bits per heavy atom. The summed E-state index contributed by atoms with van der Waals surface area (Å²) in [4.78, 5) is 19.5. The molecule has 114 valence electrons. The van der Waals surface area contributed by atoms with Crippen molar-refractivity contribution in [3.8, 4) is 0 Å². The molecule has 0 aliphatic carbocycles. The quantitative estimate of drug-likeness (QED) is 0.918. The Balaban J connectivity index is 1.80. The predicted molar refractivity (Wildman–Crippen MR) is 81.6 cm³/mol. The lowest BCUT2D eigenvalue weighted by atomic mass is 9.94. The van der Waals surface area contributed by atoms with Gasteiger partial charge in [-0.3, -0.25) is 9.69 Å².